The molecule has 0 aliphatic heterocycles. The first kappa shape index (κ1) is 15.7. The lowest BCUT2D eigenvalue weighted by atomic mass is 10.0. The summed E-state index contributed by atoms with van der Waals surface area (Å²) in [5.41, 5.74) is 0.957. The van der Waals surface area contributed by atoms with Crippen molar-refractivity contribution in [2.24, 2.45) is 0 Å². The number of amides is 1. The van der Waals surface area contributed by atoms with Gasteiger partial charge in [-0.25, -0.2) is 0 Å². The van der Waals surface area contributed by atoms with Crippen LogP contribution in [0.25, 0.3) is 0 Å². The van der Waals surface area contributed by atoms with Crippen LogP contribution in [0.1, 0.15) is 36.7 Å². The minimum absolute atomic E-state index is 0.282. The number of halogens is 1. The molecule has 1 amide bonds. The van der Waals surface area contributed by atoms with E-state index in [0.29, 0.717) is 5.56 Å². The fourth-order valence-corrected chi connectivity index (χ4v) is 2.01. The van der Waals surface area contributed by atoms with Gasteiger partial charge in [0, 0.05) is 15.6 Å². The van der Waals surface area contributed by atoms with Crippen LogP contribution in [0.4, 0.5) is 0 Å². The molecule has 0 aliphatic carbocycles. The van der Waals surface area contributed by atoms with E-state index >= 15 is 0 Å². The van der Waals surface area contributed by atoms with Gasteiger partial charge in [0.15, 0.2) is 0 Å². The number of rotatable bonds is 3. The molecule has 5 heteroatoms. The second kappa shape index (κ2) is 5.74. The van der Waals surface area contributed by atoms with Gasteiger partial charge in [0.25, 0.3) is 5.91 Å². The van der Waals surface area contributed by atoms with E-state index in [9.17, 15) is 9.59 Å². The van der Waals surface area contributed by atoms with E-state index in [4.69, 9.17) is 5.11 Å². The maximum atomic E-state index is 12.4. The maximum absolute atomic E-state index is 12.4. The van der Waals surface area contributed by atoms with Crippen LogP contribution in [0.2, 0.25) is 0 Å². The number of carbonyl (C=O) groups excluding carboxylic acids is 1. The fourth-order valence-electron chi connectivity index (χ4n) is 1.63. The van der Waals surface area contributed by atoms with Crippen molar-refractivity contribution >= 4 is 27.8 Å². The van der Waals surface area contributed by atoms with E-state index in [0.717, 1.165) is 10.0 Å². The highest BCUT2D eigenvalue weighted by Crippen LogP contribution is 2.21. The van der Waals surface area contributed by atoms with E-state index in [1.54, 1.807) is 12.1 Å². The molecular weight excluding hydrogens is 310 g/mol. The van der Waals surface area contributed by atoms with Crippen molar-refractivity contribution in [1.29, 1.82) is 0 Å². The Balaban J connectivity index is 3.12. The molecule has 0 bridgehead atoms. The summed E-state index contributed by atoms with van der Waals surface area (Å²) in [7, 11) is 0. The summed E-state index contributed by atoms with van der Waals surface area (Å²) in [6.45, 7) is 7.07. The third-order valence-corrected chi connectivity index (χ3v) is 3.62. The second-order valence-corrected chi connectivity index (χ2v) is 6.27. The number of hydrogen-bond donors (Lipinski definition) is 1. The molecule has 0 radical (unpaired) electrons. The Bertz CT molecular complexity index is 506. The highest BCUT2D eigenvalue weighted by atomic mass is 79.9. The Morgan fingerprint density at radius 1 is 1.32 bits per heavy atom. The Hall–Kier alpha value is -1.36. The Morgan fingerprint density at radius 2 is 1.89 bits per heavy atom. The quantitative estimate of drug-likeness (QED) is 0.928. The average Bonchev–Trinajstić information content (AvgIpc) is 2.27. The number of benzene rings is 1. The highest BCUT2D eigenvalue weighted by molar-refractivity contribution is 9.10. The SMILES string of the molecule is Cc1ccc(C(=O)N(CC(=O)O)C(C)(C)C)cc1Br. The van der Waals surface area contributed by atoms with E-state index in [1.165, 1.54) is 4.90 Å². The molecule has 19 heavy (non-hydrogen) atoms. The zero-order chi connectivity index (χ0) is 14.8. The van der Waals surface area contributed by atoms with Crippen molar-refractivity contribution < 1.29 is 14.7 Å². The molecule has 0 saturated carbocycles. The van der Waals surface area contributed by atoms with Crippen LogP contribution in [0.5, 0.6) is 0 Å². The van der Waals surface area contributed by atoms with Crippen molar-refractivity contribution in [2.75, 3.05) is 6.54 Å². The van der Waals surface area contributed by atoms with Gasteiger partial charge in [-0.2, -0.15) is 0 Å². The first-order chi connectivity index (χ1) is 8.62. The van der Waals surface area contributed by atoms with E-state index < -0.39 is 11.5 Å². The predicted octanol–water partition coefficient (Wildman–Crippen LogP) is 3.08. The predicted molar refractivity (Wildman–Crippen MR) is 77.3 cm³/mol. The van der Waals surface area contributed by atoms with Crippen LogP contribution in [0.3, 0.4) is 0 Å². The van der Waals surface area contributed by atoms with Crippen LogP contribution < -0.4 is 0 Å². The topological polar surface area (TPSA) is 57.6 Å². The van der Waals surface area contributed by atoms with Crippen molar-refractivity contribution in [2.45, 2.75) is 33.2 Å². The molecule has 0 unspecified atom stereocenters. The molecule has 1 N–H and O–H groups in total. The molecule has 0 fully saturated rings. The molecule has 4 nitrogen and oxygen atoms in total. The third-order valence-electron chi connectivity index (χ3n) is 2.77. The summed E-state index contributed by atoms with van der Waals surface area (Å²) in [6, 6.07) is 5.26. The second-order valence-electron chi connectivity index (χ2n) is 5.42. The number of carbonyl (C=O) groups is 2. The van der Waals surface area contributed by atoms with Crippen molar-refractivity contribution in [1.82, 2.24) is 4.90 Å². The Morgan fingerprint density at radius 3 is 2.32 bits per heavy atom. The van der Waals surface area contributed by atoms with Gasteiger partial charge in [-0.1, -0.05) is 22.0 Å². The standard InChI is InChI=1S/C14H18BrNO3/c1-9-5-6-10(7-11(9)15)13(19)16(8-12(17)18)14(2,3)4/h5-7H,8H2,1-4H3,(H,17,18). The minimum atomic E-state index is -1.02. The lowest BCUT2D eigenvalue weighted by Crippen LogP contribution is -2.48. The van der Waals surface area contributed by atoms with Crippen LogP contribution in [-0.2, 0) is 4.79 Å². The van der Waals surface area contributed by atoms with Crippen LogP contribution >= 0.6 is 15.9 Å². The number of nitrogens with zero attached hydrogens (tertiary/aromatic N) is 1. The summed E-state index contributed by atoms with van der Waals surface area (Å²) in [4.78, 5) is 24.7. The number of aliphatic carboxylic acids is 1. The largest absolute Gasteiger partial charge is 0.480 e. The van der Waals surface area contributed by atoms with Gasteiger partial charge in [-0.05, 0) is 45.4 Å². The monoisotopic (exact) mass is 327 g/mol. The van der Waals surface area contributed by atoms with Gasteiger partial charge < -0.3 is 10.0 Å². The van der Waals surface area contributed by atoms with Gasteiger partial charge >= 0.3 is 5.97 Å². The molecule has 0 saturated heterocycles. The minimum Gasteiger partial charge on any atom is -0.480 e. The zero-order valence-electron chi connectivity index (χ0n) is 11.5. The maximum Gasteiger partial charge on any atom is 0.323 e. The fraction of sp³-hybridized carbons (Fsp3) is 0.429. The van der Waals surface area contributed by atoms with Crippen molar-refractivity contribution in [3.05, 3.63) is 33.8 Å². The lowest BCUT2D eigenvalue weighted by molar-refractivity contribution is -0.138. The number of hydrogen-bond acceptors (Lipinski definition) is 2. The molecule has 0 aliphatic rings. The molecular formula is C14H18BrNO3. The Labute approximate surface area is 121 Å². The molecule has 1 rings (SSSR count). The summed E-state index contributed by atoms with van der Waals surface area (Å²) in [5, 5.41) is 8.94. The number of aryl methyl sites for hydroxylation is 1. The smallest absolute Gasteiger partial charge is 0.323 e. The molecule has 1 aromatic rings. The van der Waals surface area contributed by atoms with Gasteiger partial charge in [-0.15, -0.1) is 0 Å². The van der Waals surface area contributed by atoms with Crippen molar-refractivity contribution in [3.8, 4) is 0 Å². The number of carboxylic acids is 1. The van der Waals surface area contributed by atoms with Crippen LogP contribution in [0, 0.1) is 6.92 Å². The van der Waals surface area contributed by atoms with E-state index in [2.05, 4.69) is 15.9 Å². The summed E-state index contributed by atoms with van der Waals surface area (Å²) >= 11 is 3.38. The zero-order valence-corrected chi connectivity index (χ0v) is 13.1. The summed E-state index contributed by atoms with van der Waals surface area (Å²) in [5.74, 6) is -1.30. The molecule has 104 valence electrons. The number of carboxylic acid groups (broad SMARTS) is 1. The highest BCUT2D eigenvalue weighted by Gasteiger charge is 2.29. The molecule has 0 heterocycles. The summed E-state index contributed by atoms with van der Waals surface area (Å²) in [6.07, 6.45) is 0. The lowest BCUT2D eigenvalue weighted by Gasteiger charge is -2.34. The molecule has 0 spiro atoms. The van der Waals surface area contributed by atoms with Gasteiger partial charge in [0.2, 0.25) is 0 Å². The van der Waals surface area contributed by atoms with Crippen molar-refractivity contribution in [3.63, 3.8) is 0 Å². The molecule has 1 aromatic carbocycles. The van der Waals surface area contributed by atoms with E-state index in [-0.39, 0.29) is 12.5 Å². The van der Waals surface area contributed by atoms with Gasteiger partial charge in [0.1, 0.15) is 6.54 Å². The van der Waals surface area contributed by atoms with Gasteiger partial charge in [-0.3, -0.25) is 9.59 Å². The molecule has 0 aromatic heterocycles. The first-order valence-electron chi connectivity index (χ1n) is 5.93. The third kappa shape index (κ3) is 4.06. The first-order valence-corrected chi connectivity index (χ1v) is 6.72. The van der Waals surface area contributed by atoms with E-state index in [1.807, 2.05) is 33.8 Å². The van der Waals surface area contributed by atoms with Crippen LogP contribution in [0.15, 0.2) is 22.7 Å². The normalized spacial score (nSPS) is 11.2. The Kier molecular flexibility index (Phi) is 4.74. The van der Waals surface area contributed by atoms with Crippen LogP contribution in [-0.4, -0.2) is 34.0 Å². The average molecular weight is 328 g/mol. The summed E-state index contributed by atoms with van der Waals surface area (Å²) < 4.78 is 0.836. The molecule has 0 atom stereocenters. The van der Waals surface area contributed by atoms with Gasteiger partial charge in [0.05, 0.1) is 0 Å².